The smallest absolute Gasteiger partial charge is 0.191 e. The number of hydrogen-bond donors (Lipinski definition) is 2. The Morgan fingerprint density at radius 2 is 2.04 bits per heavy atom. The number of guanidine groups is 1. The topological polar surface area (TPSA) is 48.9 Å². The van der Waals surface area contributed by atoms with Crippen molar-refractivity contribution in [2.45, 2.75) is 39.0 Å². The number of rotatable bonds is 9. The van der Waals surface area contributed by atoms with Gasteiger partial charge in [0.1, 0.15) is 0 Å². The molecule has 1 aliphatic heterocycles. The van der Waals surface area contributed by atoms with Crippen molar-refractivity contribution in [1.82, 2.24) is 10.6 Å². The second kappa shape index (κ2) is 11.9. The van der Waals surface area contributed by atoms with Gasteiger partial charge in [-0.3, -0.25) is 4.99 Å². The van der Waals surface area contributed by atoms with E-state index in [1.807, 2.05) is 0 Å². The van der Waals surface area contributed by atoms with E-state index < -0.39 is 0 Å². The normalized spacial score (nSPS) is 21.0. The maximum atomic E-state index is 5.30. The average molecular weight is 500 g/mol. The van der Waals surface area contributed by atoms with Gasteiger partial charge >= 0.3 is 0 Å². The lowest BCUT2D eigenvalue weighted by Crippen LogP contribution is -2.42. The van der Waals surface area contributed by atoms with Crippen LogP contribution >= 0.6 is 24.0 Å². The molecule has 0 spiro atoms. The Morgan fingerprint density at radius 3 is 2.68 bits per heavy atom. The lowest BCUT2D eigenvalue weighted by atomic mass is 9.67. The van der Waals surface area contributed by atoms with E-state index in [0.29, 0.717) is 11.3 Å². The van der Waals surface area contributed by atoms with Crippen LogP contribution in [0.2, 0.25) is 0 Å². The molecule has 2 fully saturated rings. The maximum absolute atomic E-state index is 5.30. The Balaban J connectivity index is 0.00000280. The first-order valence-electron chi connectivity index (χ1n) is 10.6. The highest BCUT2D eigenvalue weighted by molar-refractivity contribution is 14.0. The molecule has 0 aromatic heterocycles. The molecule has 1 saturated heterocycles. The third-order valence-corrected chi connectivity index (χ3v) is 6.13. The van der Waals surface area contributed by atoms with Gasteiger partial charge in [0, 0.05) is 52.1 Å². The molecular formula is C22H37IN4O. The molecule has 2 aliphatic rings. The highest BCUT2D eigenvalue weighted by Gasteiger charge is 2.36. The number of benzene rings is 1. The number of halogens is 1. The Bertz CT molecular complexity index is 591. The largest absolute Gasteiger partial charge is 0.385 e. The molecule has 1 heterocycles. The zero-order valence-corrected chi connectivity index (χ0v) is 19.8. The Hall–Kier alpha value is -1.02. The van der Waals surface area contributed by atoms with Gasteiger partial charge in [0.15, 0.2) is 5.96 Å². The number of hydrogen-bond acceptors (Lipinski definition) is 3. The van der Waals surface area contributed by atoms with E-state index in [0.717, 1.165) is 51.7 Å². The van der Waals surface area contributed by atoms with Gasteiger partial charge in [-0.1, -0.05) is 24.6 Å². The minimum absolute atomic E-state index is 0. The lowest BCUT2D eigenvalue weighted by molar-refractivity contribution is 0.0778. The van der Waals surface area contributed by atoms with E-state index in [4.69, 9.17) is 9.73 Å². The fraction of sp³-hybridized carbons (Fsp3) is 0.682. The van der Waals surface area contributed by atoms with Gasteiger partial charge in [-0.15, -0.1) is 24.0 Å². The Kier molecular flexibility index (Phi) is 9.85. The fourth-order valence-corrected chi connectivity index (χ4v) is 4.18. The summed E-state index contributed by atoms with van der Waals surface area (Å²) in [6, 6.07) is 10.7. The van der Waals surface area contributed by atoms with Crippen LogP contribution in [-0.4, -0.2) is 52.4 Å². The van der Waals surface area contributed by atoms with Crippen LogP contribution in [0.4, 0.5) is 5.69 Å². The number of nitrogens with one attached hydrogen (secondary N) is 2. The molecule has 1 aromatic carbocycles. The second-order valence-corrected chi connectivity index (χ2v) is 8.11. The fourth-order valence-electron chi connectivity index (χ4n) is 4.18. The van der Waals surface area contributed by atoms with Crippen LogP contribution in [0.25, 0.3) is 0 Å². The summed E-state index contributed by atoms with van der Waals surface area (Å²) < 4.78 is 5.30. The summed E-state index contributed by atoms with van der Waals surface area (Å²) in [4.78, 5) is 7.41. The van der Waals surface area contributed by atoms with Crippen LogP contribution in [-0.2, 0) is 4.74 Å². The second-order valence-electron chi connectivity index (χ2n) is 8.11. The molecule has 1 atom stereocenters. The highest BCUT2D eigenvalue weighted by atomic mass is 127. The van der Waals surface area contributed by atoms with Crippen LogP contribution in [0.5, 0.6) is 0 Å². The van der Waals surface area contributed by atoms with Gasteiger partial charge in [-0.05, 0) is 56.1 Å². The molecule has 6 heteroatoms. The SMILES string of the molecule is CCNC(=NCC1(CCOC)CCC1)NCC1CCN(c2ccccc2)C1.I. The van der Waals surface area contributed by atoms with E-state index >= 15 is 0 Å². The van der Waals surface area contributed by atoms with E-state index in [1.54, 1.807) is 7.11 Å². The quantitative estimate of drug-likeness (QED) is 0.307. The molecule has 5 nitrogen and oxygen atoms in total. The monoisotopic (exact) mass is 500 g/mol. The molecule has 158 valence electrons. The summed E-state index contributed by atoms with van der Waals surface area (Å²) in [6.45, 7) is 8.04. The Morgan fingerprint density at radius 1 is 1.25 bits per heavy atom. The van der Waals surface area contributed by atoms with Gasteiger partial charge in [0.2, 0.25) is 0 Å². The molecule has 0 amide bonds. The van der Waals surface area contributed by atoms with Crippen molar-refractivity contribution >= 4 is 35.6 Å². The van der Waals surface area contributed by atoms with Crippen molar-refractivity contribution in [1.29, 1.82) is 0 Å². The van der Waals surface area contributed by atoms with Gasteiger partial charge in [-0.2, -0.15) is 0 Å². The van der Waals surface area contributed by atoms with Crippen LogP contribution in [0.1, 0.15) is 39.0 Å². The number of methoxy groups -OCH3 is 1. The number of ether oxygens (including phenoxy) is 1. The third kappa shape index (κ3) is 6.51. The number of nitrogens with zero attached hydrogens (tertiary/aromatic N) is 2. The molecule has 0 radical (unpaired) electrons. The number of anilines is 1. The van der Waals surface area contributed by atoms with E-state index in [-0.39, 0.29) is 24.0 Å². The minimum atomic E-state index is 0. The van der Waals surface area contributed by atoms with Crippen LogP contribution < -0.4 is 15.5 Å². The van der Waals surface area contributed by atoms with Crippen molar-refractivity contribution in [3.05, 3.63) is 30.3 Å². The first-order chi connectivity index (χ1) is 13.2. The van der Waals surface area contributed by atoms with Crippen molar-refractivity contribution < 1.29 is 4.74 Å². The Labute approximate surface area is 187 Å². The lowest BCUT2D eigenvalue weighted by Gasteiger charge is -2.40. The van der Waals surface area contributed by atoms with Gasteiger partial charge in [-0.25, -0.2) is 0 Å². The van der Waals surface area contributed by atoms with Crippen molar-refractivity contribution in [2.24, 2.45) is 16.3 Å². The molecule has 1 saturated carbocycles. The first-order valence-corrected chi connectivity index (χ1v) is 10.6. The summed E-state index contributed by atoms with van der Waals surface area (Å²) >= 11 is 0. The van der Waals surface area contributed by atoms with E-state index in [9.17, 15) is 0 Å². The standard InChI is InChI=1S/C22H36N4O.HI/c1-3-23-21(25-18-22(11-7-12-22)13-15-27-2)24-16-19-10-14-26(17-19)20-8-5-4-6-9-20;/h4-6,8-9,19H,3,7,10-18H2,1-2H3,(H2,23,24,25);1H. The third-order valence-electron chi connectivity index (χ3n) is 6.13. The van der Waals surface area contributed by atoms with Crippen molar-refractivity contribution in [3.8, 4) is 0 Å². The van der Waals surface area contributed by atoms with Gasteiger partial charge in [0.05, 0.1) is 0 Å². The molecule has 28 heavy (non-hydrogen) atoms. The molecule has 1 unspecified atom stereocenters. The summed E-state index contributed by atoms with van der Waals surface area (Å²) in [7, 11) is 1.79. The molecule has 0 bridgehead atoms. The van der Waals surface area contributed by atoms with Crippen LogP contribution in [0.15, 0.2) is 35.3 Å². The molecule has 1 aliphatic carbocycles. The summed E-state index contributed by atoms with van der Waals surface area (Å²) in [5, 5.41) is 7.01. The predicted molar refractivity (Wildman–Crippen MR) is 129 cm³/mol. The summed E-state index contributed by atoms with van der Waals surface area (Å²) in [5.74, 6) is 1.64. The zero-order valence-electron chi connectivity index (χ0n) is 17.5. The maximum Gasteiger partial charge on any atom is 0.191 e. The first kappa shape index (κ1) is 23.3. The summed E-state index contributed by atoms with van der Waals surface area (Å²) in [6.07, 6.45) is 6.27. The van der Waals surface area contributed by atoms with Gasteiger partial charge in [0.25, 0.3) is 0 Å². The van der Waals surface area contributed by atoms with E-state index in [2.05, 4.69) is 52.8 Å². The number of para-hydroxylation sites is 1. The van der Waals surface area contributed by atoms with Crippen LogP contribution in [0, 0.1) is 11.3 Å². The van der Waals surface area contributed by atoms with Crippen molar-refractivity contribution in [3.63, 3.8) is 0 Å². The minimum Gasteiger partial charge on any atom is -0.385 e. The van der Waals surface area contributed by atoms with Crippen LogP contribution in [0.3, 0.4) is 0 Å². The average Bonchev–Trinajstić information content (AvgIpc) is 3.14. The molecule has 3 rings (SSSR count). The number of aliphatic imine (C=N–C) groups is 1. The molecule has 1 aromatic rings. The molecular weight excluding hydrogens is 463 g/mol. The molecule has 2 N–H and O–H groups in total. The summed E-state index contributed by atoms with van der Waals surface area (Å²) in [5.41, 5.74) is 1.71. The van der Waals surface area contributed by atoms with E-state index in [1.165, 1.54) is 31.4 Å². The zero-order chi connectivity index (χ0) is 19.0. The predicted octanol–water partition coefficient (Wildman–Crippen LogP) is 3.89. The highest BCUT2D eigenvalue weighted by Crippen LogP contribution is 2.44. The van der Waals surface area contributed by atoms with Gasteiger partial charge < -0.3 is 20.3 Å². The van der Waals surface area contributed by atoms with Crippen molar-refractivity contribution in [2.75, 3.05) is 51.3 Å².